The molecule has 18 heavy (non-hydrogen) atoms. The molecule has 3 rings (SSSR count). The van der Waals surface area contributed by atoms with E-state index >= 15 is 0 Å². The second kappa shape index (κ2) is 4.40. The summed E-state index contributed by atoms with van der Waals surface area (Å²) in [7, 11) is 0. The molecule has 0 saturated heterocycles. The molecule has 1 atom stereocenters. The number of rotatable bonds is 1. The Morgan fingerprint density at radius 3 is 2.83 bits per heavy atom. The van der Waals surface area contributed by atoms with Crippen LogP contribution in [0.3, 0.4) is 0 Å². The van der Waals surface area contributed by atoms with Crippen LogP contribution in [0.4, 0.5) is 0 Å². The van der Waals surface area contributed by atoms with E-state index in [1.165, 1.54) is 5.56 Å². The maximum Gasteiger partial charge on any atom is 0.295 e. The largest absolute Gasteiger partial charge is 0.295 e. The van der Waals surface area contributed by atoms with Gasteiger partial charge in [0.05, 0.1) is 3.79 Å². The lowest BCUT2D eigenvalue weighted by Gasteiger charge is -2.16. The van der Waals surface area contributed by atoms with E-state index in [0.717, 1.165) is 14.2 Å². The number of carbonyl (C=O) groups excluding carboxylic acids is 1. The molecular formula is C13H9BrN2OS. The predicted molar refractivity (Wildman–Crippen MR) is 74.2 cm³/mol. The fraction of sp³-hybridized carbons (Fsp3) is 0.154. The Balaban J connectivity index is 2.14. The molecule has 2 heterocycles. The number of carbonyl (C=O) groups is 1. The molecule has 0 saturated carbocycles. The van der Waals surface area contributed by atoms with Crippen LogP contribution in [0, 0.1) is 6.92 Å². The zero-order valence-electron chi connectivity index (χ0n) is 9.55. The number of halogens is 1. The van der Waals surface area contributed by atoms with Crippen molar-refractivity contribution in [3.05, 3.63) is 55.7 Å². The van der Waals surface area contributed by atoms with Gasteiger partial charge in [-0.05, 0) is 46.1 Å². The van der Waals surface area contributed by atoms with Crippen LogP contribution in [0.25, 0.3) is 0 Å². The molecule has 1 aliphatic rings. The number of hydrogen-bond acceptors (Lipinski definition) is 3. The second-order valence-corrected chi connectivity index (χ2v) is 6.52. The highest BCUT2D eigenvalue weighted by Gasteiger charge is 2.26. The first-order chi connectivity index (χ1) is 8.66. The van der Waals surface area contributed by atoms with Crippen molar-refractivity contribution in [2.24, 2.45) is 10.2 Å². The Hall–Kier alpha value is -1.33. The summed E-state index contributed by atoms with van der Waals surface area (Å²) in [6.07, 6.45) is 0. The lowest BCUT2D eigenvalue weighted by atomic mass is 9.98. The van der Waals surface area contributed by atoms with Gasteiger partial charge in [-0.25, -0.2) is 0 Å². The number of fused-ring (bicyclic) bond motifs is 1. The van der Waals surface area contributed by atoms with E-state index in [-0.39, 0.29) is 11.9 Å². The molecule has 0 radical (unpaired) electrons. The highest BCUT2D eigenvalue weighted by molar-refractivity contribution is 9.11. The topological polar surface area (TPSA) is 41.8 Å². The van der Waals surface area contributed by atoms with Crippen LogP contribution < -0.4 is 0 Å². The summed E-state index contributed by atoms with van der Waals surface area (Å²) in [5.74, 6) is -0.255. The Kier molecular flexibility index (Phi) is 2.87. The van der Waals surface area contributed by atoms with E-state index in [2.05, 4.69) is 32.2 Å². The standard InChI is InChI=1S/C13H9BrN2OS/c1-7-6-10(18-12(7)14)11-8-4-2-3-5-9(8)13(17)16-15-11/h2-6,11H,1H3. The minimum atomic E-state index is -0.255. The van der Waals surface area contributed by atoms with Crippen LogP contribution in [-0.2, 0) is 0 Å². The van der Waals surface area contributed by atoms with Gasteiger partial charge < -0.3 is 0 Å². The van der Waals surface area contributed by atoms with Gasteiger partial charge in [0.1, 0.15) is 6.04 Å². The fourth-order valence-electron chi connectivity index (χ4n) is 1.98. The van der Waals surface area contributed by atoms with Gasteiger partial charge in [0, 0.05) is 10.4 Å². The van der Waals surface area contributed by atoms with Crippen LogP contribution in [0.2, 0.25) is 0 Å². The van der Waals surface area contributed by atoms with Crippen molar-refractivity contribution in [2.75, 3.05) is 0 Å². The van der Waals surface area contributed by atoms with Crippen molar-refractivity contribution in [1.82, 2.24) is 0 Å². The number of amides is 1. The summed E-state index contributed by atoms with van der Waals surface area (Å²) in [5, 5.41) is 7.89. The quantitative estimate of drug-likeness (QED) is 0.761. The van der Waals surface area contributed by atoms with Gasteiger partial charge in [0.25, 0.3) is 5.91 Å². The Morgan fingerprint density at radius 2 is 2.11 bits per heavy atom. The molecule has 2 aromatic rings. The average molecular weight is 321 g/mol. The fourth-order valence-corrected chi connectivity index (χ4v) is 3.61. The van der Waals surface area contributed by atoms with Gasteiger partial charge in [-0.2, -0.15) is 5.11 Å². The second-order valence-electron chi connectivity index (χ2n) is 4.12. The summed E-state index contributed by atoms with van der Waals surface area (Å²) < 4.78 is 1.10. The molecule has 5 heteroatoms. The van der Waals surface area contributed by atoms with Crippen LogP contribution in [-0.4, -0.2) is 5.91 Å². The molecular weight excluding hydrogens is 312 g/mol. The van der Waals surface area contributed by atoms with Gasteiger partial charge in [0.15, 0.2) is 0 Å². The molecule has 0 N–H and O–H groups in total. The SMILES string of the molecule is Cc1cc(C2N=NC(=O)c3ccccc32)sc1Br. The molecule has 1 aliphatic heterocycles. The minimum absolute atomic E-state index is 0.158. The first-order valence-electron chi connectivity index (χ1n) is 5.47. The zero-order valence-corrected chi connectivity index (χ0v) is 12.0. The lowest BCUT2D eigenvalue weighted by Crippen LogP contribution is -2.09. The van der Waals surface area contributed by atoms with Crippen LogP contribution in [0.5, 0.6) is 0 Å². The molecule has 0 fully saturated rings. The third-order valence-electron chi connectivity index (χ3n) is 2.90. The Labute approximate surface area is 117 Å². The van der Waals surface area contributed by atoms with E-state index in [9.17, 15) is 4.79 Å². The Morgan fingerprint density at radius 1 is 1.33 bits per heavy atom. The van der Waals surface area contributed by atoms with Crippen molar-refractivity contribution >= 4 is 33.2 Å². The molecule has 90 valence electrons. The predicted octanol–water partition coefficient (Wildman–Crippen LogP) is 4.51. The van der Waals surface area contributed by atoms with Crippen molar-refractivity contribution in [3.63, 3.8) is 0 Å². The first kappa shape index (κ1) is 11.7. The Bertz CT molecular complexity index is 643. The molecule has 3 nitrogen and oxygen atoms in total. The van der Waals surface area contributed by atoms with Crippen molar-refractivity contribution in [2.45, 2.75) is 13.0 Å². The van der Waals surface area contributed by atoms with Gasteiger partial charge >= 0.3 is 0 Å². The van der Waals surface area contributed by atoms with Crippen molar-refractivity contribution in [3.8, 4) is 0 Å². The summed E-state index contributed by atoms with van der Waals surface area (Å²) in [4.78, 5) is 12.8. The number of hydrogen-bond donors (Lipinski definition) is 0. The number of nitrogens with zero attached hydrogens (tertiary/aromatic N) is 2. The molecule has 1 amide bonds. The van der Waals surface area contributed by atoms with Crippen molar-refractivity contribution in [1.29, 1.82) is 0 Å². The third-order valence-corrected chi connectivity index (χ3v) is 5.08. The summed E-state index contributed by atoms with van der Waals surface area (Å²) in [6.45, 7) is 2.04. The number of aryl methyl sites for hydroxylation is 1. The normalized spacial score (nSPS) is 17.9. The molecule has 1 unspecified atom stereocenters. The van der Waals surface area contributed by atoms with Crippen LogP contribution in [0.15, 0.2) is 44.3 Å². The molecule has 1 aromatic carbocycles. The monoisotopic (exact) mass is 320 g/mol. The summed E-state index contributed by atoms with van der Waals surface area (Å²) in [5.41, 5.74) is 2.77. The minimum Gasteiger partial charge on any atom is -0.265 e. The smallest absolute Gasteiger partial charge is 0.265 e. The van der Waals surface area contributed by atoms with E-state index in [4.69, 9.17) is 0 Å². The molecule has 1 aromatic heterocycles. The number of benzene rings is 1. The van der Waals surface area contributed by atoms with Crippen LogP contribution >= 0.6 is 27.3 Å². The number of azo groups is 1. The molecule has 0 bridgehead atoms. The number of thiophene rings is 1. The highest BCUT2D eigenvalue weighted by atomic mass is 79.9. The van der Waals surface area contributed by atoms with E-state index in [1.54, 1.807) is 17.4 Å². The van der Waals surface area contributed by atoms with Crippen LogP contribution in [0.1, 0.15) is 32.4 Å². The zero-order chi connectivity index (χ0) is 12.7. The average Bonchev–Trinajstić information content (AvgIpc) is 2.70. The summed E-state index contributed by atoms with van der Waals surface area (Å²) in [6, 6.07) is 9.45. The van der Waals surface area contributed by atoms with Gasteiger partial charge in [-0.1, -0.05) is 18.2 Å². The maximum atomic E-state index is 11.7. The lowest BCUT2D eigenvalue weighted by molar-refractivity contribution is 0.0986. The molecule has 0 spiro atoms. The summed E-state index contributed by atoms with van der Waals surface area (Å²) >= 11 is 5.15. The maximum absolute atomic E-state index is 11.7. The van der Waals surface area contributed by atoms with Crippen molar-refractivity contribution < 1.29 is 4.79 Å². The van der Waals surface area contributed by atoms with E-state index < -0.39 is 0 Å². The highest BCUT2D eigenvalue weighted by Crippen LogP contribution is 2.39. The van der Waals surface area contributed by atoms with E-state index in [1.807, 2.05) is 25.1 Å². The van der Waals surface area contributed by atoms with Gasteiger partial charge in [-0.15, -0.1) is 16.5 Å². The van der Waals surface area contributed by atoms with E-state index in [0.29, 0.717) is 5.56 Å². The third kappa shape index (κ3) is 1.83. The van der Waals surface area contributed by atoms with Gasteiger partial charge in [0.2, 0.25) is 0 Å². The first-order valence-corrected chi connectivity index (χ1v) is 7.07. The van der Waals surface area contributed by atoms with Gasteiger partial charge in [-0.3, -0.25) is 4.79 Å². The molecule has 0 aliphatic carbocycles.